The minimum absolute atomic E-state index is 0.794. The molecule has 70 valence electrons. The van der Waals surface area contributed by atoms with Gasteiger partial charge in [-0.25, -0.2) is 9.97 Å². The van der Waals surface area contributed by atoms with Crippen molar-refractivity contribution in [2.45, 2.75) is 0 Å². The van der Waals surface area contributed by atoms with E-state index in [2.05, 4.69) is 30.8 Å². The molecular weight excluding hydrogens is 250 g/mol. The first kappa shape index (κ1) is 9.27. The molecule has 0 amide bonds. The van der Waals surface area contributed by atoms with Gasteiger partial charge < -0.3 is 4.90 Å². The van der Waals surface area contributed by atoms with E-state index in [1.54, 1.807) is 6.20 Å². The molecule has 1 aromatic heterocycles. The molecule has 0 aliphatic carbocycles. The quantitative estimate of drug-likeness (QED) is 0.769. The highest BCUT2D eigenvalue weighted by Crippen LogP contribution is 2.16. The van der Waals surface area contributed by atoms with Crippen LogP contribution in [0.2, 0.25) is 0 Å². The highest BCUT2D eigenvalue weighted by Gasteiger charge is 2.11. The van der Waals surface area contributed by atoms with Crippen molar-refractivity contribution in [3.63, 3.8) is 0 Å². The van der Waals surface area contributed by atoms with Crippen LogP contribution in [-0.2, 0) is 0 Å². The number of anilines is 1. The third kappa shape index (κ3) is 2.34. The van der Waals surface area contributed by atoms with E-state index in [4.69, 9.17) is 0 Å². The lowest BCUT2D eigenvalue weighted by Crippen LogP contribution is -2.33. The Morgan fingerprint density at radius 2 is 2.00 bits per heavy atom. The second kappa shape index (κ2) is 4.28. The van der Waals surface area contributed by atoms with Crippen molar-refractivity contribution in [1.82, 2.24) is 9.97 Å². The van der Waals surface area contributed by atoms with Gasteiger partial charge in [-0.1, -0.05) is 0 Å². The summed E-state index contributed by atoms with van der Waals surface area (Å²) in [5.74, 6) is 3.37. The zero-order chi connectivity index (χ0) is 9.10. The van der Waals surface area contributed by atoms with Gasteiger partial charge in [0.1, 0.15) is 10.4 Å². The van der Waals surface area contributed by atoms with E-state index < -0.39 is 0 Å². The average Bonchev–Trinajstić information content (AvgIpc) is 2.20. The molecule has 2 rings (SSSR count). The zero-order valence-electron chi connectivity index (χ0n) is 7.11. The highest BCUT2D eigenvalue weighted by molar-refractivity contribution is 9.10. The van der Waals surface area contributed by atoms with Crippen LogP contribution in [0.25, 0.3) is 0 Å². The molecule has 0 N–H and O–H groups in total. The summed E-state index contributed by atoms with van der Waals surface area (Å²) >= 11 is 5.27. The molecule has 0 aromatic carbocycles. The molecule has 0 spiro atoms. The number of rotatable bonds is 1. The molecule has 1 aliphatic heterocycles. The molecule has 0 saturated carbocycles. The van der Waals surface area contributed by atoms with Crippen LogP contribution in [0.1, 0.15) is 0 Å². The molecule has 5 heteroatoms. The molecule has 13 heavy (non-hydrogen) atoms. The molecule has 0 unspecified atom stereocenters. The number of thioether (sulfide) groups is 1. The molecule has 0 atom stereocenters. The lowest BCUT2D eigenvalue weighted by atomic mass is 10.5. The maximum Gasteiger partial charge on any atom is 0.147 e. The number of aromatic nitrogens is 2. The first-order valence-corrected chi connectivity index (χ1v) is 6.11. The summed E-state index contributed by atoms with van der Waals surface area (Å²) in [5.41, 5.74) is 0. The number of halogens is 1. The van der Waals surface area contributed by atoms with E-state index in [-0.39, 0.29) is 0 Å². The Morgan fingerprint density at radius 1 is 1.23 bits per heavy atom. The standard InChI is InChI=1S/C8H10BrN3S/c9-7-5-11-8(6-10-7)12-1-3-13-4-2-12/h5-6H,1-4H2. The van der Waals surface area contributed by atoms with Crippen LogP contribution >= 0.6 is 27.7 Å². The Balaban J connectivity index is 2.10. The van der Waals surface area contributed by atoms with Gasteiger partial charge in [0, 0.05) is 24.6 Å². The Morgan fingerprint density at radius 3 is 2.62 bits per heavy atom. The van der Waals surface area contributed by atoms with Crippen LogP contribution in [0.4, 0.5) is 5.82 Å². The van der Waals surface area contributed by atoms with Crippen LogP contribution in [0.3, 0.4) is 0 Å². The zero-order valence-corrected chi connectivity index (χ0v) is 9.51. The van der Waals surface area contributed by atoms with Gasteiger partial charge in [0.25, 0.3) is 0 Å². The van der Waals surface area contributed by atoms with Crippen molar-refractivity contribution >= 4 is 33.5 Å². The molecule has 1 aromatic rings. The third-order valence-electron chi connectivity index (χ3n) is 1.94. The second-order valence-corrected chi connectivity index (χ2v) is 4.83. The molecule has 1 aliphatic rings. The topological polar surface area (TPSA) is 29.0 Å². The third-order valence-corrected chi connectivity index (χ3v) is 3.29. The van der Waals surface area contributed by atoms with E-state index in [0.29, 0.717) is 0 Å². The number of hydrogen-bond donors (Lipinski definition) is 0. The van der Waals surface area contributed by atoms with E-state index in [0.717, 1.165) is 23.5 Å². The Bertz CT molecular complexity index is 271. The fraction of sp³-hybridized carbons (Fsp3) is 0.500. The molecule has 0 radical (unpaired) electrons. The van der Waals surface area contributed by atoms with Crippen LogP contribution in [0.5, 0.6) is 0 Å². The Kier molecular flexibility index (Phi) is 3.05. The van der Waals surface area contributed by atoms with Crippen LogP contribution < -0.4 is 4.90 Å². The maximum absolute atomic E-state index is 4.31. The first-order valence-electron chi connectivity index (χ1n) is 4.16. The number of nitrogens with zero attached hydrogens (tertiary/aromatic N) is 3. The second-order valence-electron chi connectivity index (χ2n) is 2.80. The van der Waals surface area contributed by atoms with Gasteiger partial charge in [0.2, 0.25) is 0 Å². The lowest BCUT2D eigenvalue weighted by Gasteiger charge is -2.26. The van der Waals surface area contributed by atoms with Gasteiger partial charge >= 0.3 is 0 Å². The summed E-state index contributed by atoms with van der Waals surface area (Å²) in [6, 6.07) is 0. The fourth-order valence-corrected chi connectivity index (χ4v) is 2.37. The molecule has 2 heterocycles. The first-order chi connectivity index (χ1) is 6.36. The molecule has 1 saturated heterocycles. The largest absolute Gasteiger partial charge is 0.354 e. The fourth-order valence-electron chi connectivity index (χ4n) is 1.26. The maximum atomic E-state index is 4.31. The monoisotopic (exact) mass is 259 g/mol. The van der Waals surface area contributed by atoms with Crippen molar-refractivity contribution in [1.29, 1.82) is 0 Å². The van der Waals surface area contributed by atoms with E-state index in [9.17, 15) is 0 Å². The summed E-state index contributed by atoms with van der Waals surface area (Å²) in [7, 11) is 0. The average molecular weight is 260 g/mol. The van der Waals surface area contributed by atoms with Crippen LogP contribution in [0.15, 0.2) is 17.0 Å². The lowest BCUT2D eigenvalue weighted by molar-refractivity contribution is 0.832. The molecular formula is C8H10BrN3S. The van der Waals surface area contributed by atoms with Crippen molar-refractivity contribution < 1.29 is 0 Å². The van der Waals surface area contributed by atoms with Crippen LogP contribution in [-0.4, -0.2) is 34.6 Å². The summed E-state index contributed by atoms with van der Waals surface area (Å²) in [6.45, 7) is 2.17. The van der Waals surface area contributed by atoms with Gasteiger partial charge in [-0.3, -0.25) is 0 Å². The highest BCUT2D eigenvalue weighted by atomic mass is 79.9. The molecule has 1 fully saturated rings. The molecule has 0 bridgehead atoms. The van der Waals surface area contributed by atoms with Gasteiger partial charge in [-0.05, 0) is 15.9 Å². The number of hydrogen-bond acceptors (Lipinski definition) is 4. The summed E-state index contributed by atoms with van der Waals surface area (Å²) in [5, 5.41) is 0. The predicted molar refractivity (Wildman–Crippen MR) is 59.3 cm³/mol. The Labute approximate surface area is 90.1 Å². The van der Waals surface area contributed by atoms with Crippen molar-refractivity contribution in [2.24, 2.45) is 0 Å². The minimum Gasteiger partial charge on any atom is -0.354 e. The summed E-state index contributed by atoms with van der Waals surface area (Å²) < 4.78 is 0.794. The van der Waals surface area contributed by atoms with Gasteiger partial charge in [-0.2, -0.15) is 11.8 Å². The van der Waals surface area contributed by atoms with Crippen LogP contribution in [0, 0.1) is 0 Å². The smallest absolute Gasteiger partial charge is 0.147 e. The van der Waals surface area contributed by atoms with E-state index >= 15 is 0 Å². The van der Waals surface area contributed by atoms with Crippen molar-refractivity contribution in [2.75, 3.05) is 29.5 Å². The Hall–Kier alpha value is -0.290. The minimum atomic E-state index is 0.794. The van der Waals surface area contributed by atoms with E-state index in [1.807, 2.05) is 18.0 Å². The summed E-state index contributed by atoms with van der Waals surface area (Å²) in [6.07, 6.45) is 3.57. The van der Waals surface area contributed by atoms with Gasteiger partial charge in [-0.15, -0.1) is 0 Å². The molecule has 3 nitrogen and oxygen atoms in total. The normalized spacial score (nSPS) is 17.5. The van der Waals surface area contributed by atoms with Crippen molar-refractivity contribution in [3.05, 3.63) is 17.0 Å². The summed E-state index contributed by atoms with van der Waals surface area (Å²) in [4.78, 5) is 10.7. The van der Waals surface area contributed by atoms with Gasteiger partial charge in [0.05, 0.1) is 12.4 Å². The van der Waals surface area contributed by atoms with Crippen molar-refractivity contribution in [3.8, 4) is 0 Å². The predicted octanol–water partition coefficient (Wildman–Crippen LogP) is 1.79. The van der Waals surface area contributed by atoms with Gasteiger partial charge in [0.15, 0.2) is 0 Å². The SMILES string of the molecule is Brc1cnc(N2CCSCC2)cn1. The van der Waals surface area contributed by atoms with E-state index in [1.165, 1.54) is 11.5 Å².